The van der Waals surface area contributed by atoms with Crippen molar-refractivity contribution in [2.75, 3.05) is 7.11 Å². The summed E-state index contributed by atoms with van der Waals surface area (Å²) in [6, 6.07) is 4.94. The fourth-order valence-corrected chi connectivity index (χ4v) is 3.47. The van der Waals surface area contributed by atoms with Crippen LogP contribution in [-0.4, -0.2) is 19.1 Å². The number of hydrogen-bond acceptors (Lipinski definition) is 3. The van der Waals surface area contributed by atoms with Crippen molar-refractivity contribution < 1.29 is 9.53 Å². The average molecular weight is 330 g/mol. The van der Waals surface area contributed by atoms with E-state index in [9.17, 15) is 4.79 Å². The lowest BCUT2D eigenvalue weighted by atomic mass is 10.0. The molecule has 0 bridgehead atoms. The molecule has 1 aromatic rings. The largest absolute Gasteiger partial charge is 0.468 e. The zero-order valence-electron chi connectivity index (χ0n) is 12.2. The van der Waals surface area contributed by atoms with Crippen molar-refractivity contribution in [3.63, 3.8) is 0 Å². The summed E-state index contributed by atoms with van der Waals surface area (Å²) in [4.78, 5) is 12.2. The highest BCUT2D eigenvalue weighted by Gasteiger charge is 2.28. The molecule has 0 spiro atoms. The molecule has 1 N–H and O–H groups in total. The van der Waals surface area contributed by atoms with Crippen LogP contribution in [0, 0.1) is 0 Å². The van der Waals surface area contributed by atoms with Crippen molar-refractivity contribution in [1.82, 2.24) is 5.32 Å². The lowest BCUT2D eigenvalue weighted by Crippen LogP contribution is -2.37. The molecule has 1 aliphatic carbocycles. The van der Waals surface area contributed by atoms with E-state index in [1.807, 2.05) is 0 Å². The van der Waals surface area contributed by atoms with Crippen molar-refractivity contribution in [2.45, 2.75) is 50.6 Å². The molecule has 1 unspecified atom stereocenters. The third-order valence-corrected chi connectivity index (χ3v) is 4.64. The molecule has 5 heteroatoms. The van der Waals surface area contributed by atoms with Crippen LogP contribution < -0.4 is 5.32 Å². The van der Waals surface area contributed by atoms with Crippen LogP contribution in [0.5, 0.6) is 0 Å². The minimum absolute atomic E-state index is 0.295. The fraction of sp³-hybridized carbons (Fsp3) is 0.562. The second-order valence-electron chi connectivity index (χ2n) is 5.45. The third kappa shape index (κ3) is 4.35. The molecule has 0 aromatic heterocycles. The Morgan fingerprint density at radius 1 is 1.19 bits per heavy atom. The van der Waals surface area contributed by atoms with E-state index < -0.39 is 6.04 Å². The van der Waals surface area contributed by atoms with Gasteiger partial charge in [0, 0.05) is 21.7 Å². The van der Waals surface area contributed by atoms with E-state index in [2.05, 4.69) is 5.32 Å². The summed E-state index contributed by atoms with van der Waals surface area (Å²) in [7, 11) is 1.38. The Bertz CT molecular complexity index is 465. The molecule has 2 rings (SSSR count). The van der Waals surface area contributed by atoms with Crippen molar-refractivity contribution in [2.24, 2.45) is 0 Å². The molecule has 1 aliphatic rings. The number of methoxy groups -OCH3 is 1. The lowest BCUT2D eigenvalue weighted by molar-refractivity contribution is -0.143. The molecule has 1 atom stereocenters. The van der Waals surface area contributed by atoms with Crippen LogP contribution in [0.2, 0.25) is 10.0 Å². The van der Waals surface area contributed by atoms with Crippen molar-refractivity contribution in [3.8, 4) is 0 Å². The number of nitrogens with one attached hydrogen (secondary N) is 1. The Morgan fingerprint density at radius 2 is 1.76 bits per heavy atom. The summed E-state index contributed by atoms with van der Waals surface area (Å²) in [6.45, 7) is 0. The third-order valence-electron chi connectivity index (χ3n) is 3.98. The molecule has 1 saturated carbocycles. The number of ether oxygens (including phenoxy) is 1. The number of rotatable bonds is 4. The van der Waals surface area contributed by atoms with Crippen LogP contribution in [0.1, 0.15) is 50.1 Å². The predicted molar refractivity (Wildman–Crippen MR) is 85.8 cm³/mol. The maximum absolute atomic E-state index is 12.2. The first-order valence-corrected chi connectivity index (χ1v) is 8.17. The van der Waals surface area contributed by atoms with Gasteiger partial charge >= 0.3 is 5.97 Å². The van der Waals surface area contributed by atoms with Crippen molar-refractivity contribution >= 4 is 29.2 Å². The van der Waals surface area contributed by atoms with E-state index in [0.717, 1.165) is 12.8 Å². The minimum Gasteiger partial charge on any atom is -0.468 e. The van der Waals surface area contributed by atoms with Gasteiger partial charge in [-0.15, -0.1) is 0 Å². The van der Waals surface area contributed by atoms with Gasteiger partial charge in [0.05, 0.1) is 7.11 Å². The molecule has 1 aromatic carbocycles. The number of carbonyl (C=O) groups excluding carboxylic acids is 1. The van der Waals surface area contributed by atoms with Gasteiger partial charge < -0.3 is 4.74 Å². The lowest BCUT2D eigenvalue weighted by Gasteiger charge is -2.25. The Kier molecular flexibility index (Phi) is 6.34. The summed E-state index contributed by atoms with van der Waals surface area (Å²) in [6.07, 6.45) is 7.01. The van der Waals surface area contributed by atoms with Crippen LogP contribution in [0.3, 0.4) is 0 Å². The SMILES string of the molecule is COC(=O)C(NC1CCCCCC1)c1c(Cl)cccc1Cl. The number of hydrogen-bond donors (Lipinski definition) is 1. The van der Waals surface area contributed by atoms with Gasteiger partial charge in [-0.2, -0.15) is 0 Å². The molecule has 3 nitrogen and oxygen atoms in total. The molecular formula is C16H21Cl2NO2. The highest BCUT2D eigenvalue weighted by molar-refractivity contribution is 6.36. The Labute approximate surface area is 136 Å². The van der Waals surface area contributed by atoms with Gasteiger partial charge in [0.2, 0.25) is 0 Å². The van der Waals surface area contributed by atoms with Gasteiger partial charge in [0.25, 0.3) is 0 Å². The highest BCUT2D eigenvalue weighted by Crippen LogP contribution is 2.32. The zero-order chi connectivity index (χ0) is 15.2. The smallest absolute Gasteiger partial charge is 0.327 e. The standard InChI is InChI=1S/C16H21Cl2NO2/c1-21-16(20)15(14-12(17)9-6-10-13(14)18)19-11-7-4-2-3-5-8-11/h6,9-11,15,19H,2-5,7-8H2,1H3. The van der Waals surface area contributed by atoms with E-state index in [1.165, 1.54) is 32.8 Å². The topological polar surface area (TPSA) is 38.3 Å². The van der Waals surface area contributed by atoms with Crippen molar-refractivity contribution in [3.05, 3.63) is 33.8 Å². The molecule has 0 amide bonds. The first kappa shape index (κ1) is 16.6. The first-order chi connectivity index (χ1) is 10.1. The summed E-state index contributed by atoms with van der Waals surface area (Å²) in [5, 5.41) is 4.37. The normalized spacial score (nSPS) is 18.0. The van der Waals surface area contributed by atoms with Crippen LogP contribution >= 0.6 is 23.2 Å². The number of carbonyl (C=O) groups is 1. The Balaban J connectivity index is 2.24. The van der Waals surface area contributed by atoms with E-state index in [1.54, 1.807) is 18.2 Å². The quantitative estimate of drug-likeness (QED) is 0.651. The maximum atomic E-state index is 12.2. The molecule has 21 heavy (non-hydrogen) atoms. The van der Waals surface area contributed by atoms with Crippen LogP contribution in [0.15, 0.2) is 18.2 Å². The van der Waals surface area contributed by atoms with Gasteiger partial charge in [0.15, 0.2) is 0 Å². The van der Waals surface area contributed by atoms with Gasteiger partial charge in [-0.05, 0) is 25.0 Å². The van der Waals surface area contributed by atoms with Crippen LogP contribution in [-0.2, 0) is 9.53 Å². The minimum atomic E-state index is -0.612. The predicted octanol–water partition coefficient (Wildman–Crippen LogP) is 4.52. The van der Waals surface area contributed by atoms with E-state index >= 15 is 0 Å². The second kappa shape index (κ2) is 8.02. The highest BCUT2D eigenvalue weighted by atomic mass is 35.5. The van der Waals surface area contributed by atoms with Gasteiger partial charge in [-0.1, -0.05) is 55.0 Å². The van der Waals surface area contributed by atoms with Crippen molar-refractivity contribution in [1.29, 1.82) is 0 Å². The summed E-state index contributed by atoms with van der Waals surface area (Å²) in [5.41, 5.74) is 0.608. The fourth-order valence-electron chi connectivity index (χ4n) is 2.86. The monoisotopic (exact) mass is 329 g/mol. The molecule has 0 saturated heterocycles. The first-order valence-electron chi connectivity index (χ1n) is 7.41. The number of benzene rings is 1. The molecule has 0 aliphatic heterocycles. The summed E-state index contributed by atoms with van der Waals surface area (Å²) in [5.74, 6) is -0.353. The van der Waals surface area contributed by atoms with E-state index in [-0.39, 0.29) is 5.97 Å². The Morgan fingerprint density at radius 3 is 2.29 bits per heavy atom. The molecule has 0 heterocycles. The average Bonchev–Trinajstić information content (AvgIpc) is 2.73. The molecule has 1 fully saturated rings. The van der Waals surface area contributed by atoms with Gasteiger partial charge in [0.1, 0.15) is 6.04 Å². The molecule has 116 valence electrons. The van der Waals surface area contributed by atoms with E-state index in [0.29, 0.717) is 21.7 Å². The van der Waals surface area contributed by atoms with Crippen LogP contribution in [0.25, 0.3) is 0 Å². The summed E-state index contributed by atoms with van der Waals surface area (Å²) >= 11 is 12.5. The molecule has 0 radical (unpaired) electrons. The summed E-state index contributed by atoms with van der Waals surface area (Å²) < 4.78 is 4.93. The number of halogens is 2. The van der Waals surface area contributed by atoms with E-state index in [4.69, 9.17) is 27.9 Å². The number of esters is 1. The Hall–Kier alpha value is -0.770. The van der Waals surface area contributed by atoms with Crippen LogP contribution in [0.4, 0.5) is 0 Å². The second-order valence-corrected chi connectivity index (χ2v) is 6.26. The zero-order valence-corrected chi connectivity index (χ0v) is 13.7. The molecular weight excluding hydrogens is 309 g/mol. The van der Waals surface area contributed by atoms with Gasteiger partial charge in [-0.25, -0.2) is 4.79 Å². The maximum Gasteiger partial charge on any atom is 0.327 e. The van der Waals surface area contributed by atoms with Gasteiger partial charge in [-0.3, -0.25) is 5.32 Å².